The number of benzene rings is 1. The van der Waals surface area contributed by atoms with Gasteiger partial charge in [0.25, 0.3) is 0 Å². The summed E-state index contributed by atoms with van der Waals surface area (Å²) in [6, 6.07) is 13.6. The van der Waals surface area contributed by atoms with Gasteiger partial charge in [0.05, 0.1) is 6.33 Å². The minimum atomic E-state index is 0.318. The summed E-state index contributed by atoms with van der Waals surface area (Å²) < 4.78 is 2.01. The van der Waals surface area contributed by atoms with Crippen molar-refractivity contribution in [2.75, 3.05) is 0 Å². The van der Waals surface area contributed by atoms with Crippen LogP contribution in [0, 0.1) is 0 Å². The van der Waals surface area contributed by atoms with Gasteiger partial charge in [0.1, 0.15) is 0 Å². The second-order valence-corrected chi connectivity index (χ2v) is 6.17. The SMILES string of the molecule is CC(N[C@H](C)c1cccs1)c1ccc(-n2ccnc2)cc1. The van der Waals surface area contributed by atoms with Gasteiger partial charge in [0.2, 0.25) is 0 Å². The predicted octanol–water partition coefficient (Wildman–Crippen LogP) is 4.35. The molecule has 2 heterocycles. The third-order valence-electron chi connectivity index (χ3n) is 3.67. The third kappa shape index (κ3) is 3.23. The van der Waals surface area contributed by atoms with Gasteiger partial charge in [-0.3, -0.25) is 0 Å². The number of thiophene rings is 1. The Hall–Kier alpha value is -1.91. The zero-order valence-electron chi connectivity index (χ0n) is 12.2. The van der Waals surface area contributed by atoms with E-state index < -0.39 is 0 Å². The maximum absolute atomic E-state index is 4.08. The lowest BCUT2D eigenvalue weighted by molar-refractivity contribution is 0.500. The van der Waals surface area contributed by atoms with Gasteiger partial charge in [-0.15, -0.1) is 11.3 Å². The molecule has 21 heavy (non-hydrogen) atoms. The van der Waals surface area contributed by atoms with E-state index in [0.29, 0.717) is 12.1 Å². The molecule has 1 N–H and O–H groups in total. The highest BCUT2D eigenvalue weighted by Gasteiger charge is 2.11. The molecule has 0 saturated carbocycles. The third-order valence-corrected chi connectivity index (χ3v) is 4.72. The summed E-state index contributed by atoms with van der Waals surface area (Å²) >= 11 is 1.80. The number of rotatable bonds is 5. The standard InChI is InChI=1S/C17H19N3S/c1-13(19-14(2)17-4-3-11-21-17)15-5-7-16(8-6-15)20-10-9-18-12-20/h3-14,19H,1-2H3/t13?,14-/m1/s1. The van der Waals surface area contributed by atoms with Crippen molar-refractivity contribution in [3.05, 3.63) is 70.9 Å². The maximum Gasteiger partial charge on any atom is 0.0991 e. The molecule has 0 aliphatic heterocycles. The summed E-state index contributed by atoms with van der Waals surface area (Å²) in [7, 11) is 0. The van der Waals surface area contributed by atoms with Gasteiger partial charge >= 0.3 is 0 Å². The van der Waals surface area contributed by atoms with E-state index in [1.54, 1.807) is 17.5 Å². The van der Waals surface area contributed by atoms with Crippen LogP contribution in [0.25, 0.3) is 5.69 Å². The fourth-order valence-corrected chi connectivity index (χ4v) is 3.18. The van der Waals surface area contributed by atoms with Gasteiger partial charge in [-0.05, 0) is 43.0 Å². The van der Waals surface area contributed by atoms with Gasteiger partial charge < -0.3 is 9.88 Å². The van der Waals surface area contributed by atoms with Gasteiger partial charge in [-0.1, -0.05) is 18.2 Å². The first-order valence-corrected chi connectivity index (χ1v) is 8.00. The molecular formula is C17H19N3S. The Morgan fingerprint density at radius 3 is 2.52 bits per heavy atom. The highest BCUT2D eigenvalue weighted by molar-refractivity contribution is 7.10. The summed E-state index contributed by atoms with van der Waals surface area (Å²) in [5, 5.41) is 5.77. The normalized spacial score (nSPS) is 14.0. The Labute approximate surface area is 129 Å². The molecule has 0 radical (unpaired) electrons. The van der Waals surface area contributed by atoms with Crippen LogP contribution in [0.5, 0.6) is 0 Å². The molecule has 3 nitrogen and oxygen atoms in total. The quantitative estimate of drug-likeness (QED) is 0.759. The van der Waals surface area contributed by atoms with Crippen LogP contribution in [0.3, 0.4) is 0 Å². The summed E-state index contributed by atoms with van der Waals surface area (Å²) in [5.74, 6) is 0. The van der Waals surface area contributed by atoms with Crippen LogP contribution >= 0.6 is 11.3 Å². The zero-order valence-corrected chi connectivity index (χ0v) is 13.0. The number of nitrogens with zero attached hydrogens (tertiary/aromatic N) is 2. The Morgan fingerprint density at radius 1 is 1.10 bits per heavy atom. The molecule has 0 aliphatic carbocycles. The lowest BCUT2D eigenvalue weighted by Crippen LogP contribution is -2.21. The number of hydrogen-bond donors (Lipinski definition) is 1. The lowest BCUT2D eigenvalue weighted by atomic mass is 10.1. The second-order valence-electron chi connectivity index (χ2n) is 5.19. The summed E-state index contributed by atoms with van der Waals surface area (Å²) in [6.45, 7) is 4.42. The van der Waals surface area contributed by atoms with Crippen molar-refractivity contribution in [3.63, 3.8) is 0 Å². The first-order chi connectivity index (χ1) is 10.2. The van der Waals surface area contributed by atoms with Crippen molar-refractivity contribution >= 4 is 11.3 Å². The molecule has 2 atom stereocenters. The Bertz CT molecular complexity index is 657. The van der Waals surface area contributed by atoms with Crippen LogP contribution in [0.4, 0.5) is 0 Å². The molecule has 3 aromatic rings. The van der Waals surface area contributed by atoms with Gasteiger partial charge in [-0.25, -0.2) is 4.98 Å². The number of nitrogens with one attached hydrogen (secondary N) is 1. The van der Waals surface area contributed by atoms with Crippen molar-refractivity contribution in [2.24, 2.45) is 0 Å². The van der Waals surface area contributed by atoms with Crippen molar-refractivity contribution < 1.29 is 0 Å². The number of aromatic nitrogens is 2. The van der Waals surface area contributed by atoms with Crippen LogP contribution in [-0.2, 0) is 0 Å². The Balaban J connectivity index is 1.69. The number of imidazole rings is 1. The molecule has 0 spiro atoms. The van der Waals surface area contributed by atoms with E-state index in [1.165, 1.54) is 10.4 Å². The van der Waals surface area contributed by atoms with Gasteiger partial charge in [0.15, 0.2) is 0 Å². The minimum Gasteiger partial charge on any atom is -0.306 e. The first-order valence-electron chi connectivity index (χ1n) is 7.12. The van der Waals surface area contributed by atoms with E-state index in [1.807, 2.05) is 17.1 Å². The van der Waals surface area contributed by atoms with Crippen molar-refractivity contribution in [3.8, 4) is 5.69 Å². The van der Waals surface area contributed by atoms with Crippen LogP contribution in [0.1, 0.15) is 36.4 Å². The van der Waals surface area contributed by atoms with E-state index >= 15 is 0 Å². The average molecular weight is 297 g/mol. The van der Waals surface area contributed by atoms with E-state index in [4.69, 9.17) is 0 Å². The fourth-order valence-electron chi connectivity index (χ4n) is 2.44. The van der Waals surface area contributed by atoms with E-state index in [2.05, 4.69) is 65.9 Å². The first kappa shape index (κ1) is 14.0. The monoisotopic (exact) mass is 297 g/mol. The van der Waals surface area contributed by atoms with Crippen LogP contribution in [0.15, 0.2) is 60.5 Å². The lowest BCUT2D eigenvalue weighted by Gasteiger charge is -2.20. The van der Waals surface area contributed by atoms with Crippen LogP contribution in [0.2, 0.25) is 0 Å². The summed E-state index contributed by atoms with van der Waals surface area (Å²) in [5.41, 5.74) is 2.43. The molecule has 2 aromatic heterocycles. The van der Waals surface area contributed by atoms with Crippen LogP contribution < -0.4 is 5.32 Å². The highest BCUT2D eigenvalue weighted by Crippen LogP contribution is 2.23. The van der Waals surface area contributed by atoms with Crippen molar-refractivity contribution in [1.82, 2.24) is 14.9 Å². The molecule has 1 aromatic carbocycles. The molecule has 0 fully saturated rings. The fraction of sp³-hybridized carbons (Fsp3) is 0.235. The van der Waals surface area contributed by atoms with Crippen molar-refractivity contribution in [2.45, 2.75) is 25.9 Å². The smallest absolute Gasteiger partial charge is 0.0991 e. The molecule has 1 unspecified atom stereocenters. The van der Waals surface area contributed by atoms with E-state index in [0.717, 1.165) is 5.69 Å². The van der Waals surface area contributed by atoms with Crippen LogP contribution in [-0.4, -0.2) is 9.55 Å². The minimum absolute atomic E-state index is 0.318. The van der Waals surface area contributed by atoms with Gasteiger partial charge in [0, 0.05) is 35.0 Å². The Kier molecular flexibility index (Phi) is 4.18. The summed E-state index contributed by atoms with van der Waals surface area (Å²) in [4.78, 5) is 5.45. The molecule has 0 amide bonds. The molecular weight excluding hydrogens is 278 g/mol. The molecule has 4 heteroatoms. The molecule has 0 bridgehead atoms. The highest BCUT2D eigenvalue weighted by atomic mass is 32.1. The van der Waals surface area contributed by atoms with E-state index in [-0.39, 0.29) is 0 Å². The predicted molar refractivity (Wildman–Crippen MR) is 87.8 cm³/mol. The maximum atomic E-state index is 4.08. The largest absolute Gasteiger partial charge is 0.306 e. The van der Waals surface area contributed by atoms with Crippen molar-refractivity contribution in [1.29, 1.82) is 0 Å². The molecule has 108 valence electrons. The zero-order chi connectivity index (χ0) is 14.7. The van der Waals surface area contributed by atoms with Gasteiger partial charge in [-0.2, -0.15) is 0 Å². The topological polar surface area (TPSA) is 29.9 Å². The molecule has 0 saturated heterocycles. The molecule has 0 aliphatic rings. The second kappa shape index (κ2) is 6.24. The number of hydrogen-bond acceptors (Lipinski definition) is 3. The van der Waals surface area contributed by atoms with E-state index in [9.17, 15) is 0 Å². The Morgan fingerprint density at radius 2 is 1.90 bits per heavy atom. The average Bonchev–Trinajstić information content (AvgIpc) is 3.20. The summed E-state index contributed by atoms with van der Waals surface area (Å²) in [6.07, 6.45) is 5.56. The molecule has 3 rings (SSSR count).